The average molecular weight is 236 g/mol. The SMILES string of the molecule is Cc1cc(CO)cc(OCCN(C)C2CC2)n1. The van der Waals surface area contributed by atoms with Crippen LogP contribution in [0.4, 0.5) is 0 Å². The zero-order valence-corrected chi connectivity index (χ0v) is 10.5. The number of pyridine rings is 1. The first kappa shape index (κ1) is 12.3. The first-order valence-electron chi connectivity index (χ1n) is 6.10. The van der Waals surface area contributed by atoms with Gasteiger partial charge in [-0.05, 0) is 38.4 Å². The van der Waals surface area contributed by atoms with Crippen molar-refractivity contribution in [3.8, 4) is 5.88 Å². The number of rotatable bonds is 6. The second-order valence-electron chi connectivity index (χ2n) is 4.67. The Balaban J connectivity index is 1.83. The summed E-state index contributed by atoms with van der Waals surface area (Å²) in [5.41, 5.74) is 1.73. The van der Waals surface area contributed by atoms with Crippen LogP contribution in [0.15, 0.2) is 12.1 Å². The lowest BCUT2D eigenvalue weighted by molar-refractivity contribution is 0.225. The van der Waals surface area contributed by atoms with Crippen molar-refractivity contribution >= 4 is 0 Å². The van der Waals surface area contributed by atoms with E-state index in [1.54, 1.807) is 6.07 Å². The van der Waals surface area contributed by atoms with E-state index in [9.17, 15) is 0 Å². The second kappa shape index (κ2) is 5.47. The minimum Gasteiger partial charge on any atom is -0.476 e. The highest BCUT2D eigenvalue weighted by atomic mass is 16.5. The van der Waals surface area contributed by atoms with E-state index in [2.05, 4.69) is 16.9 Å². The van der Waals surface area contributed by atoms with Crippen molar-refractivity contribution in [3.05, 3.63) is 23.4 Å². The Morgan fingerprint density at radius 2 is 2.24 bits per heavy atom. The maximum Gasteiger partial charge on any atom is 0.213 e. The Bertz CT molecular complexity index is 378. The number of likely N-dealkylation sites (N-methyl/N-ethyl adjacent to an activating group) is 1. The van der Waals surface area contributed by atoms with Crippen LogP contribution in [0.3, 0.4) is 0 Å². The first-order chi connectivity index (χ1) is 8.19. The highest BCUT2D eigenvalue weighted by Crippen LogP contribution is 2.24. The molecule has 2 rings (SSSR count). The third-order valence-corrected chi connectivity index (χ3v) is 3.04. The quantitative estimate of drug-likeness (QED) is 0.810. The number of ether oxygens (including phenoxy) is 1. The maximum atomic E-state index is 9.09. The summed E-state index contributed by atoms with van der Waals surface area (Å²) in [5, 5.41) is 9.09. The lowest BCUT2D eigenvalue weighted by Crippen LogP contribution is -2.26. The molecule has 0 spiro atoms. The van der Waals surface area contributed by atoms with Gasteiger partial charge in [-0.15, -0.1) is 0 Å². The minimum atomic E-state index is 0.0295. The number of aliphatic hydroxyl groups is 1. The van der Waals surface area contributed by atoms with Crippen LogP contribution in [0.1, 0.15) is 24.1 Å². The summed E-state index contributed by atoms with van der Waals surface area (Å²) in [7, 11) is 2.13. The molecule has 17 heavy (non-hydrogen) atoms. The van der Waals surface area contributed by atoms with Gasteiger partial charge in [0.25, 0.3) is 0 Å². The van der Waals surface area contributed by atoms with E-state index >= 15 is 0 Å². The van der Waals surface area contributed by atoms with Crippen molar-refractivity contribution in [2.45, 2.75) is 32.4 Å². The normalized spacial score (nSPS) is 15.3. The predicted molar refractivity (Wildman–Crippen MR) is 66.0 cm³/mol. The van der Waals surface area contributed by atoms with Gasteiger partial charge in [-0.2, -0.15) is 0 Å². The number of hydrogen-bond donors (Lipinski definition) is 1. The van der Waals surface area contributed by atoms with Crippen molar-refractivity contribution in [3.63, 3.8) is 0 Å². The van der Waals surface area contributed by atoms with Crippen molar-refractivity contribution in [2.75, 3.05) is 20.2 Å². The Morgan fingerprint density at radius 3 is 2.88 bits per heavy atom. The molecular formula is C13H20N2O2. The number of nitrogens with zero attached hydrogens (tertiary/aromatic N) is 2. The molecule has 0 aromatic carbocycles. The third kappa shape index (κ3) is 3.68. The predicted octanol–water partition coefficient (Wildman–Crippen LogP) is 1.36. The van der Waals surface area contributed by atoms with Gasteiger partial charge >= 0.3 is 0 Å². The summed E-state index contributed by atoms with van der Waals surface area (Å²) in [4.78, 5) is 6.61. The van der Waals surface area contributed by atoms with Gasteiger partial charge in [0.05, 0.1) is 6.61 Å². The molecule has 94 valence electrons. The van der Waals surface area contributed by atoms with E-state index in [1.165, 1.54) is 12.8 Å². The summed E-state index contributed by atoms with van der Waals surface area (Å²) < 4.78 is 5.61. The van der Waals surface area contributed by atoms with E-state index in [4.69, 9.17) is 9.84 Å². The van der Waals surface area contributed by atoms with Crippen LogP contribution in [0, 0.1) is 6.92 Å². The summed E-state index contributed by atoms with van der Waals surface area (Å²) in [6, 6.07) is 4.42. The zero-order valence-electron chi connectivity index (χ0n) is 10.5. The molecule has 4 nitrogen and oxygen atoms in total. The molecule has 0 aliphatic heterocycles. The van der Waals surface area contributed by atoms with Gasteiger partial charge in [-0.25, -0.2) is 4.98 Å². The van der Waals surface area contributed by atoms with Crippen molar-refractivity contribution in [2.24, 2.45) is 0 Å². The summed E-state index contributed by atoms with van der Waals surface area (Å²) in [5.74, 6) is 0.609. The Labute approximate surface area is 102 Å². The minimum absolute atomic E-state index is 0.0295. The fourth-order valence-electron chi connectivity index (χ4n) is 1.86. The van der Waals surface area contributed by atoms with E-state index in [1.807, 2.05) is 13.0 Å². The second-order valence-corrected chi connectivity index (χ2v) is 4.67. The van der Waals surface area contributed by atoms with Crippen molar-refractivity contribution in [1.82, 2.24) is 9.88 Å². The first-order valence-corrected chi connectivity index (χ1v) is 6.10. The van der Waals surface area contributed by atoms with Crippen LogP contribution < -0.4 is 4.74 Å². The molecule has 0 unspecified atom stereocenters. The number of aryl methyl sites for hydroxylation is 1. The standard InChI is InChI=1S/C13H20N2O2/c1-10-7-11(9-16)8-13(14-10)17-6-5-15(2)12-3-4-12/h7-8,12,16H,3-6,9H2,1-2H3. The Morgan fingerprint density at radius 1 is 1.47 bits per heavy atom. The molecule has 0 radical (unpaired) electrons. The van der Waals surface area contributed by atoms with Crippen LogP contribution in [-0.4, -0.2) is 41.2 Å². The highest BCUT2D eigenvalue weighted by Gasteiger charge is 2.25. The molecule has 1 aliphatic rings. The highest BCUT2D eigenvalue weighted by molar-refractivity contribution is 5.23. The van der Waals surface area contributed by atoms with E-state index in [-0.39, 0.29) is 6.61 Å². The topological polar surface area (TPSA) is 45.6 Å². The fraction of sp³-hybridized carbons (Fsp3) is 0.615. The molecular weight excluding hydrogens is 216 g/mol. The summed E-state index contributed by atoms with van der Waals surface area (Å²) in [6.45, 7) is 3.51. The van der Waals surface area contributed by atoms with Crippen LogP contribution in [0.25, 0.3) is 0 Å². The van der Waals surface area contributed by atoms with Crippen LogP contribution in [0.5, 0.6) is 5.88 Å². The molecule has 0 amide bonds. The number of aliphatic hydroxyl groups excluding tert-OH is 1. The molecule has 1 aromatic rings. The van der Waals surface area contributed by atoms with Gasteiger partial charge in [0, 0.05) is 24.3 Å². The van der Waals surface area contributed by atoms with Crippen LogP contribution in [-0.2, 0) is 6.61 Å². The van der Waals surface area contributed by atoms with Crippen molar-refractivity contribution < 1.29 is 9.84 Å². The number of hydrogen-bond acceptors (Lipinski definition) is 4. The van der Waals surface area contributed by atoms with Crippen molar-refractivity contribution in [1.29, 1.82) is 0 Å². The van der Waals surface area contributed by atoms with E-state index in [0.29, 0.717) is 12.5 Å². The third-order valence-electron chi connectivity index (χ3n) is 3.04. The monoisotopic (exact) mass is 236 g/mol. The lowest BCUT2D eigenvalue weighted by Gasteiger charge is -2.15. The fourth-order valence-corrected chi connectivity index (χ4v) is 1.86. The summed E-state index contributed by atoms with van der Waals surface area (Å²) >= 11 is 0. The van der Waals surface area contributed by atoms with Crippen LogP contribution >= 0.6 is 0 Å². The molecule has 1 saturated carbocycles. The Hall–Kier alpha value is -1.13. The summed E-state index contributed by atoms with van der Waals surface area (Å²) in [6.07, 6.45) is 2.63. The van der Waals surface area contributed by atoms with Gasteiger partial charge in [0.15, 0.2) is 0 Å². The molecule has 1 aromatic heterocycles. The molecule has 1 N–H and O–H groups in total. The van der Waals surface area contributed by atoms with Gasteiger partial charge < -0.3 is 14.7 Å². The lowest BCUT2D eigenvalue weighted by atomic mass is 10.2. The van der Waals surface area contributed by atoms with E-state index in [0.717, 1.165) is 23.8 Å². The molecule has 1 fully saturated rings. The largest absolute Gasteiger partial charge is 0.476 e. The number of aromatic nitrogens is 1. The molecule has 4 heteroatoms. The average Bonchev–Trinajstić information content (AvgIpc) is 3.12. The van der Waals surface area contributed by atoms with Gasteiger partial charge in [0.2, 0.25) is 5.88 Å². The van der Waals surface area contributed by atoms with Gasteiger partial charge in [-0.1, -0.05) is 0 Å². The van der Waals surface area contributed by atoms with Gasteiger partial charge in [-0.3, -0.25) is 0 Å². The molecule has 0 saturated heterocycles. The smallest absolute Gasteiger partial charge is 0.213 e. The Kier molecular flexibility index (Phi) is 3.97. The van der Waals surface area contributed by atoms with Crippen LogP contribution in [0.2, 0.25) is 0 Å². The molecule has 0 bridgehead atoms. The maximum absolute atomic E-state index is 9.09. The van der Waals surface area contributed by atoms with E-state index < -0.39 is 0 Å². The zero-order chi connectivity index (χ0) is 12.3. The van der Waals surface area contributed by atoms with Gasteiger partial charge in [0.1, 0.15) is 6.61 Å². The molecule has 1 heterocycles. The molecule has 1 aliphatic carbocycles. The molecule has 0 atom stereocenters.